The molecule has 0 saturated carbocycles. The summed E-state index contributed by atoms with van der Waals surface area (Å²) in [5.41, 5.74) is 0. The normalized spacial score (nSPS) is 33.2. The highest BCUT2D eigenvalue weighted by molar-refractivity contribution is 4.70. The number of rotatable bonds is 3. The first kappa shape index (κ1) is 9.88. The van der Waals surface area contributed by atoms with E-state index < -0.39 is 12.2 Å². The van der Waals surface area contributed by atoms with Gasteiger partial charge >= 0.3 is 0 Å². The van der Waals surface area contributed by atoms with E-state index in [9.17, 15) is 0 Å². The van der Waals surface area contributed by atoms with Crippen LogP contribution in [0.25, 0.3) is 0 Å². The molecule has 5 nitrogen and oxygen atoms in total. The molecule has 3 atom stereocenters. The molecule has 0 radical (unpaired) electrons. The Morgan fingerprint density at radius 3 is 2.67 bits per heavy atom. The predicted molar refractivity (Wildman–Crippen MR) is 39.6 cm³/mol. The lowest BCUT2D eigenvalue weighted by Gasteiger charge is -2.30. The van der Waals surface area contributed by atoms with E-state index in [-0.39, 0.29) is 26.1 Å². The Morgan fingerprint density at radius 2 is 2.25 bits per heavy atom. The average Bonchev–Trinajstić information content (AvgIpc) is 2.17. The molecule has 5 heteroatoms. The van der Waals surface area contributed by atoms with Crippen LogP contribution in [0.1, 0.15) is 0 Å². The van der Waals surface area contributed by atoms with E-state index in [0.29, 0.717) is 0 Å². The monoisotopic (exact) mass is 178 g/mol. The van der Waals surface area contributed by atoms with Gasteiger partial charge in [-0.25, -0.2) is 0 Å². The minimum Gasteiger partial charge on any atom is -0.394 e. The summed E-state index contributed by atoms with van der Waals surface area (Å²) in [5, 5.41) is 17.7. The summed E-state index contributed by atoms with van der Waals surface area (Å²) in [6, 6.07) is 0. The summed E-state index contributed by atoms with van der Waals surface area (Å²) in [7, 11) is 1.52. The Hall–Kier alpha value is -0.200. The molecule has 0 aromatic heterocycles. The fourth-order valence-corrected chi connectivity index (χ4v) is 0.976. The SMILES string of the molecule is CO[C@H]1CO[C@@H]([C@H](O)CO)CO1. The van der Waals surface area contributed by atoms with E-state index >= 15 is 0 Å². The van der Waals surface area contributed by atoms with Crippen LogP contribution in [0.2, 0.25) is 0 Å². The van der Waals surface area contributed by atoms with Gasteiger partial charge in [-0.1, -0.05) is 0 Å². The van der Waals surface area contributed by atoms with Crippen LogP contribution < -0.4 is 0 Å². The molecule has 1 fully saturated rings. The number of aliphatic hydroxyl groups excluding tert-OH is 2. The number of aliphatic hydroxyl groups is 2. The molecule has 1 rings (SSSR count). The van der Waals surface area contributed by atoms with Gasteiger partial charge in [-0.15, -0.1) is 0 Å². The van der Waals surface area contributed by atoms with Gasteiger partial charge in [-0.05, 0) is 0 Å². The highest BCUT2D eigenvalue weighted by atomic mass is 16.7. The molecule has 72 valence electrons. The van der Waals surface area contributed by atoms with Gasteiger partial charge in [0.05, 0.1) is 19.8 Å². The number of methoxy groups -OCH3 is 1. The van der Waals surface area contributed by atoms with Crippen LogP contribution in [-0.4, -0.2) is 55.6 Å². The molecule has 1 aliphatic heterocycles. The predicted octanol–water partition coefficient (Wildman–Crippen LogP) is -1.27. The average molecular weight is 178 g/mol. The quantitative estimate of drug-likeness (QED) is 0.564. The molecular weight excluding hydrogens is 164 g/mol. The van der Waals surface area contributed by atoms with Gasteiger partial charge in [-0.2, -0.15) is 0 Å². The van der Waals surface area contributed by atoms with Gasteiger partial charge in [0.1, 0.15) is 12.2 Å². The number of ether oxygens (including phenoxy) is 3. The van der Waals surface area contributed by atoms with Crippen molar-refractivity contribution in [2.45, 2.75) is 18.5 Å². The fraction of sp³-hybridized carbons (Fsp3) is 1.00. The molecule has 1 saturated heterocycles. The third-order valence-corrected chi connectivity index (χ3v) is 1.77. The van der Waals surface area contributed by atoms with Crippen molar-refractivity contribution in [1.82, 2.24) is 0 Å². The van der Waals surface area contributed by atoms with Crippen LogP contribution in [0.3, 0.4) is 0 Å². The van der Waals surface area contributed by atoms with Crippen molar-refractivity contribution in [2.24, 2.45) is 0 Å². The van der Waals surface area contributed by atoms with E-state index in [0.717, 1.165) is 0 Å². The van der Waals surface area contributed by atoms with Crippen LogP contribution >= 0.6 is 0 Å². The molecule has 0 spiro atoms. The van der Waals surface area contributed by atoms with Crippen molar-refractivity contribution in [2.75, 3.05) is 26.9 Å². The van der Waals surface area contributed by atoms with Gasteiger partial charge < -0.3 is 24.4 Å². The minimum atomic E-state index is -0.872. The molecular formula is C7H14O5. The third kappa shape index (κ3) is 2.40. The Bertz CT molecular complexity index is 121. The third-order valence-electron chi connectivity index (χ3n) is 1.77. The van der Waals surface area contributed by atoms with Crippen LogP contribution in [0.5, 0.6) is 0 Å². The largest absolute Gasteiger partial charge is 0.394 e. The Labute approximate surface area is 70.9 Å². The van der Waals surface area contributed by atoms with Gasteiger partial charge in [0, 0.05) is 7.11 Å². The zero-order valence-corrected chi connectivity index (χ0v) is 6.97. The summed E-state index contributed by atoms with van der Waals surface area (Å²) in [6.45, 7) is 0.226. The lowest BCUT2D eigenvalue weighted by molar-refractivity contribution is -0.242. The molecule has 0 aliphatic carbocycles. The first-order valence-electron chi connectivity index (χ1n) is 3.83. The van der Waals surface area contributed by atoms with Crippen LogP contribution in [0.15, 0.2) is 0 Å². The topological polar surface area (TPSA) is 68.2 Å². The summed E-state index contributed by atoms with van der Waals surface area (Å²) < 4.78 is 15.2. The second-order valence-corrected chi connectivity index (χ2v) is 2.62. The van der Waals surface area contributed by atoms with E-state index in [1.54, 1.807) is 0 Å². The second-order valence-electron chi connectivity index (χ2n) is 2.62. The first-order valence-corrected chi connectivity index (χ1v) is 3.83. The molecule has 1 heterocycles. The summed E-state index contributed by atoms with van der Waals surface area (Å²) in [6.07, 6.45) is -1.67. The summed E-state index contributed by atoms with van der Waals surface area (Å²) >= 11 is 0. The lowest BCUT2D eigenvalue weighted by Crippen LogP contribution is -2.44. The van der Waals surface area contributed by atoms with Crippen LogP contribution in [-0.2, 0) is 14.2 Å². The Balaban J connectivity index is 2.25. The minimum absolute atomic E-state index is 0.250. The van der Waals surface area contributed by atoms with E-state index in [2.05, 4.69) is 0 Å². The standard InChI is InChI=1S/C7H14O5/c1-10-7-4-11-6(3-12-7)5(9)2-8/h5-9H,2-4H2,1H3/t5-,6-,7-/m1/s1. The molecule has 0 aromatic carbocycles. The molecule has 0 aromatic rings. The van der Waals surface area contributed by atoms with E-state index in [1.165, 1.54) is 7.11 Å². The van der Waals surface area contributed by atoms with Gasteiger partial charge in [0.2, 0.25) is 0 Å². The van der Waals surface area contributed by atoms with Crippen molar-refractivity contribution < 1.29 is 24.4 Å². The maximum absolute atomic E-state index is 9.15. The smallest absolute Gasteiger partial charge is 0.180 e. The molecule has 12 heavy (non-hydrogen) atoms. The van der Waals surface area contributed by atoms with E-state index in [1.807, 2.05) is 0 Å². The summed E-state index contributed by atoms with van der Waals surface area (Å²) in [4.78, 5) is 0. The number of hydrogen-bond acceptors (Lipinski definition) is 5. The van der Waals surface area contributed by atoms with Gasteiger partial charge in [-0.3, -0.25) is 0 Å². The van der Waals surface area contributed by atoms with Gasteiger partial charge in [0.15, 0.2) is 6.29 Å². The lowest BCUT2D eigenvalue weighted by atomic mass is 10.2. The maximum Gasteiger partial charge on any atom is 0.180 e. The van der Waals surface area contributed by atoms with Crippen molar-refractivity contribution in [3.05, 3.63) is 0 Å². The molecule has 0 bridgehead atoms. The Kier molecular flexibility index (Phi) is 3.90. The zero-order chi connectivity index (χ0) is 8.97. The van der Waals surface area contributed by atoms with Crippen molar-refractivity contribution in [3.8, 4) is 0 Å². The van der Waals surface area contributed by atoms with E-state index in [4.69, 9.17) is 24.4 Å². The highest BCUT2D eigenvalue weighted by Crippen LogP contribution is 2.10. The zero-order valence-electron chi connectivity index (χ0n) is 6.97. The van der Waals surface area contributed by atoms with Crippen molar-refractivity contribution in [1.29, 1.82) is 0 Å². The summed E-state index contributed by atoms with van der Waals surface area (Å²) in [5.74, 6) is 0. The number of hydrogen-bond donors (Lipinski definition) is 2. The second kappa shape index (κ2) is 4.74. The first-order chi connectivity index (χ1) is 5.77. The Morgan fingerprint density at radius 1 is 1.50 bits per heavy atom. The van der Waals surface area contributed by atoms with Crippen molar-refractivity contribution in [3.63, 3.8) is 0 Å². The fourth-order valence-electron chi connectivity index (χ4n) is 0.976. The van der Waals surface area contributed by atoms with Gasteiger partial charge in [0.25, 0.3) is 0 Å². The van der Waals surface area contributed by atoms with Crippen LogP contribution in [0.4, 0.5) is 0 Å². The molecule has 0 unspecified atom stereocenters. The van der Waals surface area contributed by atoms with Crippen LogP contribution in [0, 0.1) is 0 Å². The highest BCUT2D eigenvalue weighted by Gasteiger charge is 2.26. The maximum atomic E-state index is 9.15. The molecule has 2 N–H and O–H groups in total. The van der Waals surface area contributed by atoms with Crippen molar-refractivity contribution >= 4 is 0 Å². The molecule has 1 aliphatic rings. The molecule has 0 amide bonds.